The van der Waals surface area contributed by atoms with Crippen LogP contribution in [0.1, 0.15) is 45.0 Å². The van der Waals surface area contributed by atoms with Gasteiger partial charge in [-0.1, -0.05) is 20.8 Å². The Hall–Kier alpha value is -3.09. The number of thioether (sulfide) groups is 1. The lowest BCUT2D eigenvalue weighted by Crippen LogP contribution is -2.26. The fourth-order valence-corrected chi connectivity index (χ4v) is 4.51. The van der Waals surface area contributed by atoms with Gasteiger partial charge < -0.3 is 15.2 Å². The molecule has 0 aromatic carbocycles. The molecule has 2 aromatic heterocycles. The molecule has 0 atom stereocenters. The summed E-state index contributed by atoms with van der Waals surface area (Å²) in [5, 5.41) is 12.7. The minimum absolute atomic E-state index is 0.0206. The van der Waals surface area contributed by atoms with Crippen molar-refractivity contribution in [1.82, 2.24) is 9.66 Å². The molecule has 2 aromatic rings. The van der Waals surface area contributed by atoms with Crippen molar-refractivity contribution in [3.8, 4) is 11.5 Å². The predicted molar refractivity (Wildman–Crippen MR) is 135 cm³/mol. The average Bonchev–Trinajstić information content (AvgIpc) is 2.85. The van der Waals surface area contributed by atoms with Gasteiger partial charge in [0.25, 0.3) is 0 Å². The summed E-state index contributed by atoms with van der Waals surface area (Å²) < 4.78 is 62.8. The first-order valence-corrected chi connectivity index (χ1v) is 12.7. The fourth-order valence-electron chi connectivity index (χ4n) is 3.08. The summed E-state index contributed by atoms with van der Waals surface area (Å²) in [4.78, 5) is 12.4. The number of nitrogens with two attached hydrogens (primary N) is 1. The van der Waals surface area contributed by atoms with E-state index < -0.39 is 18.6 Å². The summed E-state index contributed by atoms with van der Waals surface area (Å²) in [6.07, 6.45) is 0.434. The summed E-state index contributed by atoms with van der Waals surface area (Å²) >= 11 is 1.91. The molecule has 1 saturated heterocycles. The maximum absolute atomic E-state index is 13.5. The molecule has 1 aliphatic heterocycles. The van der Waals surface area contributed by atoms with Crippen LogP contribution < -0.4 is 20.7 Å². The molecular weight excluding hydrogens is 514 g/mol. The van der Waals surface area contributed by atoms with E-state index in [0.29, 0.717) is 11.4 Å². The van der Waals surface area contributed by atoms with Crippen LogP contribution >= 0.6 is 11.8 Å². The first kappa shape index (κ1) is 31.9. The molecule has 0 radical (unpaired) electrons. The van der Waals surface area contributed by atoms with Crippen LogP contribution in [0.25, 0.3) is 0 Å². The molecule has 206 valence electrons. The molecule has 37 heavy (non-hydrogen) atoms. The second-order valence-electron chi connectivity index (χ2n) is 7.92. The molecule has 8 nitrogen and oxygen atoms in total. The molecule has 13 heteroatoms. The van der Waals surface area contributed by atoms with E-state index in [-0.39, 0.29) is 35.4 Å². The van der Waals surface area contributed by atoms with E-state index in [9.17, 15) is 17.6 Å². The number of aromatic nitrogens is 2. The number of pyridine rings is 2. The zero-order chi connectivity index (χ0) is 28.1. The van der Waals surface area contributed by atoms with Crippen molar-refractivity contribution >= 4 is 24.4 Å². The van der Waals surface area contributed by atoms with Gasteiger partial charge in [0, 0.05) is 17.7 Å². The predicted octanol–water partition coefficient (Wildman–Crippen LogP) is 4.83. The van der Waals surface area contributed by atoms with E-state index in [1.54, 1.807) is 13.0 Å². The molecule has 3 rings (SSSR count). The first-order valence-electron chi connectivity index (χ1n) is 11.5. The third-order valence-electron chi connectivity index (χ3n) is 5.07. The molecule has 3 N–H and O–H groups in total. The van der Waals surface area contributed by atoms with E-state index in [0.717, 1.165) is 36.6 Å². The Morgan fingerprint density at radius 1 is 1.24 bits per heavy atom. The summed E-state index contributed by atoms with van der Waals surface area (Å²) in [6.45, 7) is 6.05. The van der Waals surface area contributed by atoms with Crippen LogP contribution in [0.4, 0.5) is 17.6 Å². The van der Waals surface area contributed by atoms with Crippen molar-refractivity contribution in [3.05, 3.63) is 47.1 Å². The Kier molecular flexibility index (Phi) is 13.1. The number of alkyl halides is 3. The fraction of sp³-hybridized carbons (Fsp3) is 0.500. The van der Waals surface area contributed by atoms with E-state index in [4.69, 9.17) is 19.7 Å². The van der Waals surface area contributed by atoms with E-state index >= 15 is 0 Å². The van der Waals surface area contributed by atoms with Gasteiger partial charge in [-0.2, -0.15) is 30.0 Å². The van der Waals surface area contributed by atoms with Gasteiger partial charge in [-0.3, -0.25) is 15.2 Å². The van der Waals surface area contributed by atoms with Crippen LogP contribution in [-0.2, 0) is 11.4 Å². The summed E-state index contributed by atoms with van der Waals surface area (Å²) in [7, 11) is 0. The lowest BCUT2D eigenvalue weighted by molar-refractivity contribution is -0.153. The number of carbonyl (C=O) groups is 1. The van der Waals surface area contributed by atoms with E-state index in [2.05, 4.69) is 22.7 Å². The minimum atomic E-state index is -4.57. The number of halogens is 4. The molecule has 0 saturated carbocycles. The number of amides is 1. The van der Waals surface area contributed by atoms with Gasteiger partial charge in [-0.15, -0.1) is 0 Å². The molecule has 1 aliphatic rings. The van der Waals surface area contributed by atoms with Crippen molar-refractivity contribution < 1.29 is 31.8 Å². The summed E-state index contributed by atoms with van der Waals surface area (Å²) in [5.41, 5.74) is 4.85. The van der Waals surface area contributed by atoms with Gasteiger partial charge in [-0.25, -0.2) is 9.07 Å². The quantitative estimate of drug-likeness (QED) is 0.293. The van der Waals surface area contributed by atoms with E-state index in [1.807, 2.05) is 31.8 Å². The van der Waals surface area contributed by atoms with E-state index in [1.165, 1.54) is 10.7 Å². The van der Waals surface area contributed by atoms with Crippen LogP contribution in [0.3, 0.4) is 0 Å². The van der Waals surface area contributed by atoms with Crippen LogP contribution in [0.15, 0.2) is 29.5 Å². The summed E-state index contributed by atoms with van der Waals surface area (Å²) in [6, 6.07) is 3.92. The molecule has 1 fully saturated rings. The minimum Gasteiger partial charge on any atom is -0.485 e. The smallest absolute Gasteiger partial charge is 0.422 e. The third-order valence-corrected chi connectivity index (χ3v) is 6.05. The molecule has 0 bridgehead atoms. The molecule has 0 unspecified atom stereocenters. The number of nitrogens with zero attached hydrogens (tertiary/aromatic N) is 3. The van der Waals surface area contributed by atoms with Crippen molar-refractivity contribution in [2.24, 2.45) is 16.3 Å². The topological polar surface area (TPSA) is 116 Å². The van der Waals surface area contributed by atoms with Crippen LogP contribution in [0, 0.1) is 23.6 Å². The highest BCUT2D eigenvalue weighted by atomic mass is 32.2. The number of carbonyl (C=O) groups excluding carboxylic acids is 1. The second-order valence-corrected chi connectivity index (χ2v) is 9.14. The highest BCUT2D eigenvalue weighted by molar-refractivity contribution is 7.99. The van der Waals surface area contributed by atoms with Gasteiger partial charge in [0.2, 0.25) is 6.41 Å². The molecule has 3 heterocycles. The van der Waals surface area contributed by atoms with Gasteiger partial charge >= 0.3 is 6.18 Å². The molecule has 0 aliphatic carbocycles. The van der Waals surface area contributed by atoms with Crippen LogP contribution in [0.2, 0.25) is 0 Å². The number of nitrogens with one attached hydrogen (secondary N) is 1. The largest absolute Gasteiger partial charge is 0.485 e. The Morgan fingerprint density at radius 3 is 2.46 bits per heavy atom. The van der Waals surface area contributed by atoms with Crippen molar-refractivity contribution in [1.29, 1.82) is 5.41 Å². The van der Waals surface area contributed by atoms with Crippen molar-refractivity contribution in [2.45, 2.75) is 53.3 Å². The standard InChI is InChI=1S/C21H24F4N4O2S.C2H6.CH3NO/c1-14-17(3-4-19(26)29(14)28-12-20(2)5-7-32-8-6-20)30-11-16-18(9-15(22)10-27-16)31-13-21(23,24)25;1-2;2-1-3/h3-4,9-10,12,26H,5-8,11,13H2,1-2H3;1-2H3;1H,(H2,2,3)/b26-19?,28-12+;;. The van der Waals surface area contributed by atoms with Gasteiger partial charge in [0.1, 0.15) is 35.1 Å². The van der Waals surface area contributed by atoms with Crippen LogP contribution in [-0.4, -0.2) is 46.6 Å². The number of ether oxygens (including phenoxy) is 2. The van der Waals surface area contributed by atoms with Gasteiger partial charge in [0.15, 0.2) is 6.61 Å². The lowest BCUT2D eigenvalue weighted by Gasteiger charge is -2.29. The average molecular weight is 548 g/mol. The highest BCUT2D eigenvalue weighted by Crippen LogP contribution is 2.32. The number of hydrogen-bond donors (Lipinski definition) is 2. The lowest BCUT2D eigenvalue weighted by atomic mass is 9.86. The molecule has 1 amide bonds. The van der Waals surface area contributed by atoms with Crippen LogP contribution in [0.5, 0.6) is 11.5 Å². The first-order chi connectivity index (χ1) is 17.5. The monoisotopic (exact) mass is 547 g/mol. The van der Waals surface area contributed by atoms with Gasteiger partial charge in [-0.05, 0) is 43.4 Å². The molecular formula is C24H33F4N5O3S. The Labute approximate surface area is 217 Å². The van der Waals surface area contributed by atoms with Crippen molar-refractivity contribution in [2.75, 3.05) is 18.1 Å². The maximum atomic E-state index is 13.5. The highest BCUT2D eigenvalue weighted by Gasteiger charge is 2.29. The Morgan fingerprint density at radius 2 is 1.86 bits per heavy atom. The molecule has 0 spiro atoms. The Bertz CT molecular complexity index is 1090. The Balaban J connectivity index is 0.00000127. The summed E-state index contributed by atoms with van der Waals surface area (Å²) in [5.74, 6) is 1.34. The normalized spacial score (nSPS) is 14.6. The third kappa shape index (κ3) is 10.8. The van der Waals surface area contributed by atoms with Gasteiger partial charge in [0.05, 0.1) is 11.9 Å². The number of primary amides is 1. The zero-order valence-electron chi connectivity index (χ0n) is 21.3. The maximum Gasteiger partial charge on any atom is 0.422 e. The SMILES string of the molecule is CC.Cc1c(OCc2ncc(F)cc2OCC(F)(F)F)ccc(=N)n1/N=C/C1(C)CCSCC1.NC=O. The second kappa shape index (κ2) is 15.2. The number of rotatable bonds is 7. The zero-order valence-corrected chi connectivity index (χ0v) is 22.1. The van der Waals surface area contributed by atoms with Crippen molar-refractivity contribution in [3.63, 3.8) is 0 Å². The number of hydrogen-bond acceptors (Lipinski definition) is 7.